The predicted molar refractivity (Wildman–Crippen MR) is 195 cm³/mol. The van der Waals surface area contributed by atoms with Crippen molar-refractivity contribution in [2.24, 2.45) is 28.1 Å². The van der Waals surface area contributed by atoms with E-state index in [2.05, 4.69) is 5.32 Å². The van der Waals surface area contributed by atoms with Crippen molar-refractivity contribution in [2.45, 2.75) is 175 Å². The van der Waals surface area contributed by atoms with Crippen LogP contribution in [0.25, 0.3) is 0 Å². The van der Waals surface area contributed by atoms with Crippen molar-refractivity contribution in [3.8, 4) is 0 Å². The summed E-state index contributed by atoms with van der Waals surface area (Å²) in [5.41, 5.74) is -5.52. The fraction of sp³-hybridized carbons (Fsp3) is 0.850. The number of hydrogen-bond donors (Lipinski definition) is 4. The summed E-state index contributed by atoms with van der Waals surface area (Å²) in [5, 5.41) is 39.7. The smallest absolute Gasteiger partial charge is 0.407 e. The molecule has 2 saturated carbocycles. The van der Waals surface area contributed by atoms with Gasteiger partial charge in [-0.3, -0.25) is 9.59 Å². The van der Waals surface area contributed by atoms with E-state index in [4.69, 9.17) is 33.2 Å². The first-order valence-electron chi connectivity index (χ1n) is 19.6. The van der Waals surface area contributed by atoms with Gasteiger partial charge in [0.15, 0.2) is 18.5 Å². The first-order chi connectivity index (χ1) is 25.3. The maximum Gasteiger partial charge on any atom is 0.407 e. The number of carbonyl (C=O) groups excluding carboxylic acids is 4. The van der Waals surface area contributed by atoms with Gasteiger partial charge in [-0.25, -0.2) is 9.59 Å². The lowest BCUT2D eigenvalue weighted by Gasteiger charge is -2.68. The van der Waals surface area contributed by atoms with Gasteiger partial charge in [-0.15, -0.1) is 0 Å². The van der Waals surface area contributed by atoms with Gasteiger partial charge < -0.3 is 53.8 Å². The molecule has 1 amide bonds. The Kier molecular flexibility index (Phi) is 11.9. The minimum absolute atomic E-state index is 0.0407. The van der Waals surface area contributed by atoms with E-state index in [0.717, 1.165) is 0 Å². The minimum atomic E-state index is -1.81. The monoisotopic (exact) mass is 781 g/mol. The van der Waals surface area contributed by atoms with Crippen molar-refractivity contribution >= 4 is 24.0 Å². The molecule has 312 valence electrons. The Morgan fingerprint density at radius 1 is 1.02 bits per heavy atom. The molecule has 15 nitrogen and oxygen atoms in total. The number of hydrogen-bond acceptors (Lipinski definition) is 14. The van der Waals surface area contributed by atoms with Crippen molar-refractivity contribution in [3.05, 3.63) is 11.1 Å². The van der Waals surface area contributed by atoms with E-state index in [1.807, 2.05) is 27.7 Å². The first kappa shape index (κ1) is 43.3. The number of esters is 3. The van der Waals surface area contributed by atoms with Crippen molar-refractivity contribution < 1.29 is 67.7 Å². The topological polar surface area (TPSA) is 206 Å². The molecule has 0 aromatic carbocycles. The van der Waals surface area contributed by atoms with Crippen LogP contribution in [-0.2, 0) is 47.5 Å². The van der Waals surface area contributed by atoms with Crippen LogP contribution in [0.15, 0.2) is 11.1 Å². The van der Waals surface area contributed by atoms with Crippen molar-refractivity contribution in [3.63, 3.8) is 0 Å². The fourth-order valence-corrected chi connectivity index (χ4v) is 10.3. The molecule has 0 radical (unpaired) electrons. The molecule has 3 aliphatic carbocycles. The van der Waals surface area contributed by atoms with Crippen LogP contribution in [0.4, 0.5) is 4.79 Å². The number of carbonyl (C=O) groups is 4. The SMILES string of the molecule is CCC1OC2CC3OCC3(COC(C)=O)[C@H]3[C@H](O)C4(C(C)(C)O)C[C@H](OC(=O)[C@H](O)C(CC(C)C)NC(=O)OC(C)(C)C)C(C)=C4[C@H](OC(C)=O)[C@H](O1)C23C. The first-order valence-corrected chi connectivity index (χ1v) is 19.6. The summed E-state index contributed by atoms with van der Waals surface area (Å²) in [4.78, 5) is 52.1. The molecule has 5 aliphatic rings. The molecular weight excluding hydrogens is 718 g/mol. The number of aliphatic hydroxyl groups excluding tert-OH is 2. The normalized spacial score (nSPS) is 38.0. The van der Waals surface area contributed by atoms with Gasteiger partial charge in [0.25, 0.3) is 0 Å². The van der Waals surface area contributed by atoms with Crippen LogP contribution in [0, 0.1) is 28.1 Å². The van der Waals surface area contributed by atoms with Gasteiger partial charge >= 0.3 is 24.0 Å². The third-order valence-electron chi connectivity index (χ3n) is 12.7. The molecule has 13 atom stereocenters. The highest BCUT2D eigenvalue weighted by Crippen LogP contribution is 2.70. The van der Waals surface area contributed by atoms with Crippen LogP contribution in [0.2, 0.25) is 0 Å². The zero-order chi connectivity index (χ0) is 41.2. The summed E-state index contributed by atoms with van der Waals surface area (Å²) in [6, 6.07) is -1.07. The average Bonchev–Trinajstić information content (AvgIpc) is 3.30. The molecule has 5 rings (SSSR count). The molecule has 4 N–H and O–H groups in total. The molecule has 2 saturated heterocycles. The van der Waals surface area contributed by atoms with Crippen LogP contribution in [0.3, 0.4) is 0 Å². The maximum atomic E-state index is 13.9. The van der Waals surface area contributed by atoms with Crippen LogP contribution in [-0.4, -0.2) is 119 Å². The molecular formula is C40H63NO14. The van der Waals surface area contributed by atoms with E-state index < -0.39 is 112 Å². The predicted octanol–water partition coefficient (Wildman–Crippen LogP) is 3.48. The lowest BCUT2D eigenvalue weighted by atomic mass is 9.45. The van der Waals surface area contributed by atoms with Gasteiger partial charge in [-0.05, 0) is 71.4 Å². The van der Waals surface area contributed by atoms with Crippen LogP contribution >= 0.6 is 0 Å². The highest BCUT2D eigenvalue weighted by Gasteiger charge is 2.78. The molecule has 15 heteroatoms. The summed E-state index contributed by atoms with van der Waals surface area (Å²) < 4.78 is 42.8. The molecule has 2 aliphatic heterocycles. The standard InChI is InChI=1S/C40H63NO14/c1-13-27-53-25-15-26-39(18-50-26,17-49-21(5)42)31-32(45)40(37(10,11)48)16-24(20(4)28(40)30(51-22(6)43)33(54-27)38(25,31)12)52-34(46)29(44)23(14-19(2)3)41-35(47)55-36(7,8)9/h19,23-27,29-33,44-45,48H,13-18H2,1-12H3,(H,41,47)/t23?,24-,25?,26?,27?,29+,30-,31-,32-,33-,38?,39?,40?/m0/s1. The molecule has 0 spiro atoms. The molecule has 0 aromatic heterocycles. The average molecular weight is 782 g/mol. The molecule has 0 bridgehead atoms. The van der Waals surface area contributed by atoms with Crippen molar-refractivity contribution in [1.29, 1.82) is 0 Å². The molecule has 7 unspecified atom stereocenters. The van der Waals surface area contributed by atoms with E-state index in [-0.39, 0.29) is 32.0 Å². The van der Waals surface area contributed by atoms with E-state index in [1.54, 1.807) is 41.5 Å². The zero-order valence-corrected chi connectivity index (χ0v) is 34.4. The third-order valence-corrected chi connectivity index (χ3v) is 12.7. The lowest BCUT2D eigenvalue weighted by molar-refractivity contribution is -0.391. The van der Waals surface area contributed by atoms with Gasteiger partial charge in [0.1, 0.15) is 24.4 Å². The molecule has 55 heavy (non-hydrogen) atoms. The van der Waals surface area contributed by atoms with Crippen LogP contribution < -0.4 is 5.32 Å². The summed E-state index contributed by atoms with van der Waals surface area (Å²) in [7, 11) is 0. The Hall–Kier alpha value is -2.82. The summed E-state index contributed by atoms with van der Waals surface area (Å²) in [6.45, 7) is 20.1. The van der Waals surface area contributed by atoms with Gasteiger partial charge in [-0.1, -0.05) is 27.7 Å². The minimum Gasteiger partial charge on any atom is -0.465 e. The second-order valence-corrected chi connectivity index (χ2v) is 18.5. The number of fused-ring (bicyclic) bond motifs is 3. The van der Waals surface area contributed by atoms with E-state index >= 15 is 0 Å². The van der Waals surface area contributed by atoms with E-state index in [1.165, 1.54) is 13.8 Å². The Labute approximate surface area is 324 Å². The van der Waals surface area contributed by atoms with Gasteiger partial charge in [-0.2, -0.15) is 0 Å². The van der Waals surface area contributed by atoms with Gasteiger partial charge in [0.05, 0.1) is 47.4 Å². The Morgan fingerprint density at radius 3 is 2.18 bits per heavy atom. The molecule has 0 aromatic rings. The molecule has 2 heterocycles. The van der Waals surface area contributed by atoms with Crippen molar-refractivity contribution in [2.75, 3.05) is 13.2 Å². The lowest BCUT2D eigenvalue weighted by Crippen LogP contribution is -2.76. The number of amides is 1. The van der Waals surface area contributed by atoms with Gasteiger partial charge in [0, 0.05) is 38.0 Å². The van der Waals surface area contributed by atoms with Crippen LogP contribution in [0.1, 0.15) is 109 Å². The van der Waals surface area contributed by atoms with Gasteiger partial charge in [0.2, 0.25) is 0 Å². The number of alkyl carbamates (subject to hydrolysis) is 1. The number of aliphatic hydroxyl groups is 3. The fourth-order valence-electron chi connectivity index (χ4n) is 10.3. The maximum absolute atomic E-state index is 13.9. The van der Waals surface area contributed by atoms with Crippen molar-refractivity contribution in [1.82, 2.24) is 5.32 Å². The Bertz CT molecular complexity index is 1530. The second-order valence-electron chi connectivity index (χ2n) is 18.5. The van der Waals surface area contributed by atoms with E-state index in [9.17, 15) is 34.5 Å². The second kappa shape index (κ2) is 15.2. The number of ether oxygens (including phenoxy) is 7. The highest BCUT2D eigenvalue weighted by molar-refractivity contribution is 5.77. The quantitative estimate of drug-likeness (QED) is 0.135. The summed E-state index contributed by atoms with van der Waals surface area (Å²) in [5.74, 6) is -3.06. The molecule has 4 fully saturated rings. The third kappa shape index (κ3) is 7.53. The van der Waals surface area contributed by atoms with E-state index in [0.29, 0.717) is 24.0 Å². The summed E-state index contributed by atoms with van der Waals surface area (Å²) >= 11 is 0. The Balaban J connectivity index is 1.65. The highest BCUT2D eigenvalue weighted by atomic mass is 16.7. The summed E-state index contributed by atoms with van der Waals surface area (Å²) in [6.07, 6.45) is -8.16. The Morgan fingerprint density at radius 2 is 1.67 bits per heavy atom. The zero-order valence-electron chi connectivity index (χ0n) is 34.4. The number of rotatable bonds is 11. The largest absolute Gasteiger partial charge is 0.465 e. The number of nitrogens with one attached hydrogen (secondary N) is 1. The van der Waals surface area contributed by atoms with Crippen LogP contribution in [0.5, 0.6) is 0 Å².